The second kappa shape index (κ2) is 2.31. The van der Waals surface area contributed by atoms with Crippen molar-refractivity contribution in [2.24, 2.45) is 5.73 Å². The molecule has 0 spiro atoms. The summed E-state index contributed by atoms with van der Waals surface area (Å²) in [4.78, 5) is 4.31. The van der Waals surface area contributed by atoms with Crippen molar-refractivity contribution in [1.29, 1.82) is 0 Å². The first-order valence-corrected chi connectivity index (χ1v) is 3.98. The van der Waals surface area contributed by atoms with Crippen LogP contribution < -0.4 is 5.73 Å². The molecule has 0 bridgehead atoms. The number of nitrogens with zero attached hydrogens (tertiary/aromatic N) is 1. The van der Waals surface area contributed by atoms with Crippen molar-refractivity contribution < 1.29 is 0 Å². The summed E-state index contributed by atoms with van der Waals surface area (Å²) in [7, 11) is 0. The van der Waals surface area contributed by atoms with Gasteiger partial charge in [0, 0.05) is 12.2 Å². The van der Waals surface area contributed by atoms with E-state index in [2.05, 4.69) is 18.0 Å². The Kier molecular flexibility index (Phi) is 1.43. The van der Waals surface area contributed by atoms with Gasteiger partial charge in [-0.25, -0.2) is 0 Å². The molecule has 2 rings (SSSR count). The van der Waals surface area contributed by atoms with Gasteiger partial charge >= 0.3 is 0 Å². The molecule has 0 amide bonds. The zero-order chi connectivity index (χ0) is 7.84. The number of pyridine rings is 1. The van der Waals surface area contributed by atoms with Gasteiger partial charge in [0.2, 0.25) is 0 Å². The third-order valence-corrected chi connectivity index (χ3v) is 2.21. The number of aryl methyl sites for hydroxylation is 2. The third-order valence-electron chi connectivity index (χ3n) is 2.21. The van der Waals surface area contributed by atoms with E-state index in [1.165, 1.54) is 11.1 Å². The molecule has 1 unspecified atom stereocenters. The van der Waals surface area contributed by atoms with E-state index in [-0.39, 0.29) is 6.04 Å². The van der Waals surface area contributed by atoms with Crippen LogP contribution in [0.5, 0.6) is 0 Å². The van der Waals surface area contributed by atoms with Crippen LogP contribution in [0.2, 0.25) is 0 Å². The van der Waals surface area contributed by atoms with Crippen LogP contribution >= 0.6 is 0 Å². The maximum absolute atomic E-state index is 5.83. The Morgan fingerprint density at radius 3 is 3.27 bits per heavy atom. The van der Waals surface area contributed by atoms with E-state index in [4.69, 9.17) is 5.73 Å². The molecule has 1 aromatic rings. The summed E-state index contributed by atoms with van der Waals surface area (Å²) >= 11 is 0. The molecule has 2 heteroatoms. The summed E-state index contributed by atoms with van der Waals surface area (Å²) < 4.78 is 0. The molecule has 2 N–H and O–H groups in total. The number of hydrogen-bond acceptors (Lipinski definition) is 2. The van der Waals surface area contributed by atoms with Gasteiger partial charge in [-0.3, -0.25) is 4.98 Å². The van der Waals surface area contributed by atoms with Crippen molar-refractivity contribution in [3.8, 4) is 0 Å². The molecule has 0 saturated heterocycles. The average molecular weight is 148 g/mol. The maximum atomic E-state index is 5.83. The Morgan fingerprint density at radius 1 is 1.64 bits per heavy atom. The summed E-state index contributed by atoms with van der Waals surface area (Å²) in [5.41, 5.74) is 9.52. The van der Waals surface area contributed by atoms with Crippen LogP contribution in [-0.2, 0) is 6.42 Å². The van der Waals surface area contributed by atoms with E-state index in [0.29, 0.717) is 0 Å². The minimum atomic E-state index is 0.186. The fourth-order valence-corrected chi connectivity index (χ4v) is 1.62. The van der Waals surface area contributed by atoms with E-state index in [9.17, 15) is 0 Å². The van der Waals surface area contributed by atoms with Gasteiger partial charge in [-0.05, 0) is 30.9 Å². The SMILES string of the molecule is Cc1cnc2c(c1)CCC2N. The minimum absolute atomic E-state index is 0.186. The quantitative estimate of drug-likeness (QED) is 0.603. The summed E-state index contributed by atoms with van der Waals surface area (Å²) in [5, 5.41) is 0. The van der Waals surface area contributed by atoms with Crippen LogP contribution in [0, 0.1) is 6.92 Å². The van der Waals surface area contributed by atoms with Crippen LogP contribution in [0.3, 0.4) is 0 Å². The standard InChI is InChI=1S/C9H12N2/c1-6-4-7-2-3-8(10)9(7)11-5-6/h4-5,8H,2-3,10H2,1H3. The minimum Gasteiger partial charge on any atom is -0.323 e. The van der Waals surface area contributed by atoms with Gasteiger partial charge in [0.15, 0.2) is 0 Å². The van der Waals surface area contributed by atoms with Crippen LogP contribution in [-0.4, -0.2) is 4.98 Å². The van der Waals surface area contributed by atoms with Crippen molar-refractivity contribution in [2.75, 3.05) is 0 Å². The Bertz CT molecular complexity index is 281. The second-order valence-corrected chi connectivity index (χ2v) is 3.20. The Labute approximate surface area is 66.4 Å². The zero-order valence-electron chi connectivity index (χ0n) is 6.67. The topological polar surface area (TPSA) is 38.9 Å². The van der Waals surface area contributed by atoms with Gasteiger partial charge in [-0.15, -0.1) is 0 Å². The highest BCUT2D eigenvalue weighted by molar-refractivity contribution is 5.30. The highest BCUT2D eigenvalue weighted by atomic mass is 14.8. The van der Waals surface area contributed by atoms with Gasteiger partial charge in [-0.1, -0.05) is 6.07 Å². The normalized spacial score (nSPS) is 21.8. The van der Waals surface area contributed by atoms with Crippen molar-refractivity contribution in [1.82, 2.24) is 4.98 Å². The molecule has 0 aliphatic heterocycles. The van der Waals surface area contributed by atoms with E-state index in [0.717, 1.165) is 18.5 Å². The molecule has 0 saturated carbocycles. The number of fused-ring (bicyclic) bond motifs is 1. The molecule has 1 aliphatic carbocycles. The fraction of sp³-hybridized carbons (Fsp3) is 0.444. The van der Waals surface area contributed by atoms with Crippen LogP contribution in [0.25, 0.3) is 0 Å². The monoisotopic (exact) mass is 148 g/mol. The molecular formula is C9H12N2. The van der Waals surface area contributed by atoms with Crippen molar-refractivity contribution >= 4 is 0 Å². The lowest BCUT2D eigenvalue weighted by Gasteiger charge is -2.02. The van der Waals surface area contributed by atoms with E-state index >= 15 is 0 Å². The Balaban J connectivity index is 2.50. The van der Waals surface area contributed by atoms with Crippen LogP contribution in [0.1, 0.15) is 29.3 Å². The Morgan fingerprint density at radius 2 is 2.45 bits per heavy atom. The van der Waals surface area contributed by atoms with Crippen LogP contribution in [0.4, 0.5) is 0 Å². The molecular weight excluding hydrogens is 136 g/mol. The predicted molar refractivity (Wildman–Crippen MR) is 44.2 cm³/mol. The molecule has 1 heterocycles. The molecule has 11 heavy (non-hydrogen) atoms. The third kappa shape index (κ3) is 1.03. The molecule has 0 aromatic carbocycles. The number of hydrogen-bond donors (Lipinski definition) is 1. The van der Waals surface area contributed by atoms with E-state index in [1.807, 2.05) is 6.20 Å². The summed E-state index contributed by atoms with van der Waals surface area (Å²) in [6.07, 6.45) is 4.06. The van der Waals surface area contributed by atoms with Crippen molar-refractivity contribution in [3.63, 3.8) is 0 Å². The number of rotatable bonds is 0. The van der Waals surface area contributed by atoms with Gasteiger partial charge in [0.05, 0.1) is 5.69 Å². The van der Waals surface area contributed by atoms with Crippen molar-refractivity contribution in [2.45, 2.75) is 25.8 Å². The van der Waals surface area contributed by atoms with Crippen LogP contribution in [0.15, 0.2) is 12.3 Å². The smallest absolute Gasteiger partial charge is 0.0603 e. The average Bonchev–Trinajstić information content (AvgIpc) is 2.32. The molecule has 1 aliphatic rings. The molecule has 1 aromatic heterocycles. The molecule has 0 radical (unpaired) electrons. The number of nitrogens with two attached hydrogens (primary N) is 1. The Hall–Kier alpha value is -0.890. The molecule has 2 nitrogen and oxygen atoms in total. The summed E-state index contributed by atoms with van der Waals surface area (Å²) in [6, 6.07) is 2.38. The van der Waals surface area contributed by atoms with Gasteiger partial charge in [0.25, 0.3) is 0 Å². The lowest BCUT2D eigenvalue weighted by molar-refractivity contribution is 0.697. The lowest BCUT2D eigenvalue weighted by atomic mass is 10.2. The maximum Gasteiger partial charge on any atom is 0.0603 e. The lowest BCUT2D eigenvalue weighted by Crippen LogP contribution is -2.06. The molecule has 0 fully saturated rings. The molecule has 58 valence electrons. The van der Waals surface area contributed by atoms with Gasteiger partial charge in [0.1, 0.15) is 0 Å². The molecule has 1 atom stereocenters. The van der Waals surface area contributed by atoms with Gasteiger partial charge in [-0.2, -0.15) is 0 Å². The second-order valence-electron chi connectivity index (χ2n) is 3.20. The first kappa shape index (κ1) is 6.80. The largest absolute Gasteiger partial charge is 0.323 e. The summed E-state index contributed by atoms with van der Waals surface area (Å²) in [5.74, 6) is 0. The van der Waals surface area contributed by atoms with Gasteiger partial charge < -0.3 is 5.73 Å². The van der Waals surface area contributed by atoms with Crippen molar-refractivity contribution in [3.05, 3.63) is 29.1 Å². The zero-order valence-corrected chi connectivity index (χ0v) is 6.67. The first-order chi connectivity index (χ1) is 5.27. The summed E-state index contributed by atoms with van der Waals surface area (Å²) in [6.45, 7) is 2.07. The number of aromatic nitrogens is 1. The highest BCUT2D eigenvalue weighted by Crippen LogP contribution is 2.27. The van der Waals surface area contributed by atoms with E-state index < -0.39 is 0 Å². The predicted octanol–water partition coefficient (Wildman–Crippen LogP) is 1.34. The highest BCUT2D eigenvalue weighted by Gasteiger charge is 2.19. The fourth-order valence-electron chi connectivity index (χ4n) is 1.62. The van der Waals surface area contributed by atoms with E-state index in [1.54, 1.807) is 0 Å². The first-order valence-electron chi connectivity index (χ1n) is 3.98.